The maximum Gasteiger partial charge on any atom is 0.490 e. The van der Waals surface area contributed by atoms with Crippen molar-refractivity contribution in [2.24, 2.45) is 13.0 Å². The van der Waals surface area contributed by atoms with Crippen molar-refractivity contribution in [3.8, 4) is 5.75 Å². The van der Waals surface area contributed by atoms with Gasteiger partial charge in [-0.2, -0.15) is 22.7 Å². The zero-order valence-corrected chi connectivity index (χ0v) is 33.2. The van der Waals surface area contributed by atoms with Crippen LogP contribution in [0.3, 0.4) is 0 Å². The first-order chi connectivity index (χ1) is 29.4. The van der Waals surface area contributed by atoms with Crippen LogP contribution in [0.4, 0.5) is 32.0 Å². The Labute approximate surface area is 348 Å². The highest BCUT2D eigenvalue weighted by atomic mass is 19.4. The zero-order chi connectivity index (χ0) is 44.6. The van der Waals surface area contributed by atoms with Crippen molar-refractivity contribution >= 4 is 51.3 Å². The van der Waals surface area contributed by atoms with Crippen molar-refractivity contribution in [1.29, 1.82) is 0 Å². The summed E-state index contributed by atoms with van der Waals surface area (Å²) < 4.78 is 78.4. The minimum absolute atomic E-state index is 0.115. The molecule has 0 unspecified atom stereocenters. The van der Waals surface area contributed by atoms with E-state index in [2.05, 4.69) is 44.8 Å². The Hall–Kier alpha value is -6.38. The van der Waals surface area contributed by atoms with E-state index < -0.39 is 58.8 Å². The minimum Gasteiger partial charge on any atom is -0.503 e. The van der Waals surface area contributed by atoms with Gasteiger partial charge in [-0.25, -0.2) is 18.4 Å². The third kappa shape index (κ3) is 8.97. The summed E-state index contributed by atoms with van der Waals surface area (Å²) in [5.41, 5.74) is 3.40. The molecule has 15 nitrogen and oxygen atoms in total. The number of benzene rings is 3. The maximum absolute atomic E-state index is 14.1. The topological polar surface area (TPSA) is 184 Å². The first-order valence-corrected chi connectivity index (χ1v) is 19.8. The third-order valence-corrected chi connectivity index (χ3v) is 11.7. The molecule has 8 rings (SSSR count). The lowest BCUT2D eigenvalue weighted by Gasteiger charge is -2.36. The number of amides is 3. The first kappa shape index (κ1) is 43.7. The Morgan fingerprint density at radius 3 is 2.29 bits per heavy atom. The molecule has 330 valence electrons. The number of imidazole rings is 1. The number of aliphatic carboxylic acids is 1. The second-order valence-corrected chi connectivity index (χ2v) is 15.6. The highest BCUT2D eigenvalue weighted by molar-refractivity contribution is 6.00. The van der Waals surface area contributed by atoms with Crippen molar-refractivity contribution < 1.29 is 55.7 Å². The molecule has 1 aliphatic carbocycles. The molecular formula is C41H42F6N8O7. The van der Waals surface area contributed by atoms with Crippen molar-refractivity contribution in [1.82, 2.24) is 34.4 Å². The number of phenols is 1. The van der Waals surface area contributed by atoms with Gasteiger partial charge >= 0.3 is 17.8 Å². The number of nitrogens with one attached hydrogen (secondary N) is 2. The summed E-state index contributed by atoms with van der Waals surface area (Å²) >= 11 is 0. The average molecular weight is 873 g/mol. The Balaban J connectivity index is 0.000000762. The van der Waals surface area contributed by atoms with E-state index in [1.807, 2.05) is 22.9 Å². The number of piperidine rings is 1. The highest BCUT2D eigenvalue weighted by Gasteiger charge is 2.38. The number of carboxylic acids is 1. The number of aryl methyl sites for hydroxylation is 1. The molecule has 2 aromatic heterocycles. The fraction of sp³-hybridized carbons (Fsp3) is 0.415. The molecule has 1 atom stereocenters. The molecule has 0 bridgehead atoms. The van der Waals surface area contributed by atoms with Gasteiger partial charge in [0.25, 0.3) is 5.91 Å². The van der Waals surface area contributed by atoms with Crippen LogP contribution in [-0.2, 0) is 28.0 Å². The van der Waals surface area contributed by atoms with Crippen molar-refractivity contribution in [3.05, 3.63) is 87.7 Å². The number of carbonyl (C=O) groups is 4. The fourth-order valence-electron chi connectivity index (χ4n) is 8.39. The van der Waals surface area contributed by atoms with E-state index in [9.17, 15) is 50.6 Å². The van der Waals surface area contributed by atoms with Gasteiger partial charge in [0, 0.05) is 70.0 Å². The summed E-state index contributed by atoms with van der Waals surface area (Å²) in [4.78, 5) is 63.8. The van der Waals surface area contributed by atoms with E-state index in [4.69, 9.17) is 15.0 Å². The molecule has 21 heteroatoms. The van der Waals surface area contributed by atoms with Gasteiger partial charge < -0.3 is 20.4 Å². The van der Waals surface area contributed by atoms with Crippen LogP contribution >= 0.6 is 0 Å². The van der Waals surface area contributed by atoms with Crippen LogP contribution in [0.1, 0.15) is 66.5 Å². The molecule has 3 aromatic carbocycles. The number of hydrogen-bond donors (Lipinski definition) is 4. The SMILES string of the molecule is Cn1c(=O)n([C@@H]2CCC(=O)NC2=O)c2cccc(CN3CCN(c4ccc5cn(C6CCC(CNC(=O)c7cc(F)c(O)c(F)c7F)CC6)nc5c4)CC3)c21.O=C(O)C(F)(F)F. The predicted molar refractivity (Wildman–Crippen MR) is 211 cm³/mol. The summed E-state index contributed by atoms with van der Waals surface area (Å²) in [6.45, 7) is 4.12. The third-order valence-electron chi connectivity index (χ3n) is 11.7. The van der Waals surface area contributed by atoms with Crippen LogP contribution in [0.2, 0.25) is 0 Å². The lowest BCUT2D eigenvalue weighted by atomic mass is 9.86. The molecule has 4 N–H and O–H groups in total. The summed E-state index contributed by atoms with van der Waals surface area (Å²) in [5, 5.41) is 27.3. The number of para-hydroxylation sites is 1. The van der Waals surface area contributed by atoms with Crippen molar-refractivity contribution in [3.63, 3.8) is 0 Å². The number of aromatic nitrogens is 4. The lowest BCUT2D eigenvalue weighted by Crippen LogP contribution is -2.46. The van der Waals surface area contributed by atoms with Gasteiger partial charge in [-0.1, -0.05) is 12.1 Å². The normalized spacial score (nSPS) is 19.9. The van der Waals surface area contributed by atoms with Gasteiger partial charge in [0.2, 0.25) is 17.6 Å². The number of alkyl halides is 3. The summed E-state index contributed by atoms with van der Waals surface area (Å²) in [6, 6.07) is 12.1. The van der Waals surface area contributed by atoms with E-state index >= 15 is 0 Å². The van der Waals surface area contributed by atoms with Gasteiger partial charge in [0.1, 0.15) is 6.04 Å². The first-order valence-electron chi connectivity index (χ1n) is 19.8. The molecule has 1 saturated carbocycles. The average Bonchev–Trinajstić information content (AvgIpc) is 3.78. The van der Waals surface area contributed by atoms with Gasteiger partial charge in [0.05, 0.1) is 28.2 Å². The number of rotatable bonds is 8. The van der Waals surface area contributed by atoms with E-state index in [1.165, 1.54) is 4.57 Å². The lowest BCUT2D eigenvalue weighted by molar-refractivity contribution is -0.192. The molecule has 4 heterocycles. The Kier molecular flexibility index (Phi) is 12.4. The molecule has 2 aliphatic heterocycles. The second kappa shape index (κ2) is 17.5. The van der Waals surface area contributed by atoms with E-state index in [0.717, 1.165) is 79.5 Å². The van der Waals surface area contributed by atoms with Crippen LogP contribution in [0.15, 0.2) is 53.5 Å². The predicted octanol–water partition coefficient (Wildman–Crippen LogP) is 4.91. The quantitative estimate of drug-likeness (QED) is 0.0950. The number of halogens is 6. The molecule has 2 saturated heterocycles. The Morgan fingerprint density at radius 1 is 0.935 bits per heavy atom. The number of carboxylic acid groups (broad SMARTS) is 1. The molecule has 62 heavy (non-hydrogen) atoms. The molecule has 0 radical (unpaired) electrons. The zero-order valence-electron chi connectivity index (χ0n) is 33.2. The molecule has 3 amide bonds. The van der Waals surface area contributed by atoms with Crippen molar-refractivity contribution in [2.45, 2.75) is 63.3 Å². The van der Waals surface area contributed by atoms with Gasteiger partial charge in [-0.15, -0.1) is 0 Å². The van der Waals surface area contributed by atoms with Crippen LogP contribution < -0.4 is 21.2 Å². The molecular weight excluding hydrogens is 830 g/mol. The van der Waals surface area contributed by atoms with Gasteiger partial charge in [-0.3, -0.25) is 38.4 Å². The molecule has 0 spiro atoms. The smallest absolute Gasteiger partial charge is 0.490 e. The van der Waals surface area contributed by atoms with Crippen LogP contribution in [0, 0.1) is 23.4 Å². The van der Waals surface area contributed by atoms with E-state index in [1.54, 1.807) is 11.6 Å². The van der Waals surface area contributed by atoms with Crippen molar-refractivity contribution in [2.75, 3.05) is 37.6 Å². The number of carbonyl (C=O) groups excluding carboxylic acids is 3. The second-order valence-electron chi connectivity index (χ2n) is 15.6. The number of phenolic OH excluding ortho intramolecular Hbond substituents is 1. The van der Waals surface area contributed by atoms with Crippen LogP contribution in [-0.4, -0.2) is 96.6 Å². The van der Waals surface area contributed by atoms with Crippen LogP contribution in [0.5, 0.6) is 5.75 Å². The molecule has 3 fully saturated rings. The number of aromatic hydroxyl groups is 1. The Morgan fingerprint density at radius 2 is 1.63 bits per heavy atom. The molecule has 3 aliphatic rings. The fourth-order valence-corrected chi connectivity index (χ4v) is 8.39. The van der Waals surface area contributed by atoms with Crippen LogP contribution in [0.25, 0.3) is 21.9 Å². The van der Waals surface area contributed by atoms with E-state index in [0.29, 0.717) is 18.1 Å². The highest BCUT2D eigenvalue weighted by Crippen LogP contribution is 2.34. The number of anilines is 1. The molecule has 5 aromatic rings. The summed E-state index contributed by atoms with van der Waals surface area (Å²) in [7, 11) is 1.72. The number of hydrogen-bond acceptors (Lipinski definition) is 9. The number of fused-ring (bicyclic) bond motifs is 2. The van der Waals surface area contributed by atoms with Gasteiger partial charge in [-0.05, 0) is 73.9 Å². The Bertz CT molecular complexity index is 2610. The minimum atomic E-state index is -5.08. The van der Waals surface area contributed by atoms with Gasteiger partial charge in [0.15, 0.2) is 17.4 Å². The monoisotopic (exact) mass is 872 g/mol. The number of nitrogens with zero attached hydrogens (tertiary/aromatic N) is 6. The largest absolute Gasteiger partial charge is 0.503 e. The number of piperazine rings is 1. The summed E-state index contributed by atoms with van der Waals surface area (Å²) in [5.74, 6) is -10.6. The summed E-state index contributed by atoms with van der Waals surface area (Å²) in [6.07, 6.45) is 0.672. The van der Waals surface area contributed by atoms with E-state index in [-0.39, 0.29) is 42.9 Å². The number of imide groups is 1. The standard InChI is InChI=1S/C39H41F3N8O5.C2HF3O2/c1-46-35-24(3-2-4-30(35)50(39(46)55)31-11-12-32(51)44-38(31)54)20-47-13-15-48(16-14-47)26-10-7-23-21-49(45-29(23)17-26)25-8-5-22(6-9-25)19-43-37(53)27-18-28(40)36(52)34(42)33(27)41;3-2(4,5)1(6)7/h2-4,7,10,17-18,21-22,25,31,52H,5-6,8-9,11-16,19-20H2,1H3,(H,43,53)(H,44,51,54);(H,6,7)/t22?,25?,31-;/m1./s1. The maximum atomic E-state index is 14.1.